The van der Waals surface area contributed by atoms with Crippen molar-refractivity contribution < 1.29 is 0 Å². The van der Waals surface area contributed by atoms with E-state index in [9.17, 15) is 0 Å². The highest BCUT2D eigenvalue weighted by molar-refractivity contribution is 6.15. The van der Waals surface area contributed by atoms with Gasteiger partial charge in [-0.25, -0.2) is 9.97 Å². The number of pyridine rings is 1. The first-order valence-corrected chi connectivity index (χ1v) is 18.9. The molecule has 0 radical (unpaired) electrons. The van der Waals surface area contributed by atoms with Crippen molar-refractivity contribution in [2.24, 2.45) is 0 Å². The molecule has 12 aromatic rings. The van der Waals surface area contributed by atoms with Crippen LogP contribution in [0.15, 0.2) is 188 Å². The Morgan fingerprint density at radius 3 is 1.79 bits per heavy atom. The van der Waals surface area contributed by atoms with Gasteiger partial charge in [0.25, 0.3) is 0 Å². The molecule has 0 bridgehead atoms. The van der Waals surface area contributed by atoms with E-state index in [4.69, 9.17) is 15.0 Å². The molecule has 5 heteroatoms. The van der Waals surface area contributed by atoms with Gasteiger partial charge >= 0.3 is 0 Å². The Morgan fingerprint density at radius 2 is 1.00 bits per heavy atom. The van der Waals surface area contributed by atoms with E-state index < -0.39 is 0 Å². The van der Waals surface area contributed by atoms with Crippen molar-refractivity contribution in [3.63, 3.8) is 0 Å². The molecular formula is C51H31N5. The van der Waals surface area contributed by atoms with Gasteiger partial charge in [-0.2, -0.15) is 0 Å². The molecule has 8 aromatic carbocycles. The molecule has 0 unspecified atom stereocenters. The van der Waals surface area contributed by atoms with E-state index >= 15 is 0 Å². The lowest BCUT2D eigenvalue weighted by Gasteiger charge is -2.12. The van der Waals surface area contributed by atoms with Crippen molar-refractivity contribution in [1.29, 1.82) is 0 Å². The maximum absolute atomic E-state index is 5.16. The number of hydrogen-bond donors (Lipinski definition) is 0. The lowest BCUT2D eigenvalue weighted by Crippen LogP contribution is -1.98. The number of aromatic nitrogens is 5. The van der Waals surface area contributed by atoms with Crippen LogP contribution in [-0.2, 0) is 0 Å². The Hall–Kier alpha value is -7.63. The van der Waals surface area contributed by atoms with Gasteiger partial charge in [0.15, 0.2) is 0 Å². The van der Waals surface area contributed by atoms with Crippen molar-refractivity contribution >= 4 is 76.2 Å². The number of hydrogen-bond acceptors (Lipinski definition) is 3. The fourth-order valence-electron chi connectivity index (χ4n) is 8.67. The summed E-state index contributed by atoms with van der Waals surface area (Å²) in [5.74, 6) is 0.885. The van der Waals surface area contributed by atoms with E-state index in [-0.39, 0.29) is 0 Å². The van der Waals surface area contributed by atoms with Crippen LogP contribution in [0.1, 0.15) is 0 Å². The second-order valence-electron chi connectivity index (χ2n) is 14.5. The van der Waals surface area contributed by atoms with Gasteiger partial charge in [0, 0.05) is 39.0 Å². The second-order valence-corrected chi connectivity index (χ2v) is 14.5. The lowest BCUT2D eigenvalue weighted by molar-refractivity contribution is 1.08. The number of nitrogens with zero attached hydrogens (tertiary/aromatic N) is 5. The van der Waals surface area contributed by atoms with E-state index in [0.717, 1.165) is 66.6 Å². The summed E-state index contributed by atoms with van der Waals surface area (Å²) >= 11 is 0. The fourth-order valence-corrected chi connectivity index (χ4v) is 8.67. The maximum Gasteiger partial charge on any atom is 0.137 e. The van der Waals surface area contributed by atoms with Crippen molar-refractivity contribution in [2.75, 3.05) is 0 Å². The standard InChI is InChI=1S/C51H31N5/c1-2-10-32(11-3-1)37-18-22-47-42(25-37)41-21-19-39(30-50(41)56(47)51-16-8-9-23-52-51)55-48-29-38(17-20-40(48)43-24-33-12-4-7-15-36(33)28-49(43)55)46-31-53-44-26-34-13-5-6-14-35(34)27-45(44)54-46/h1-31H. The van der Waals surface area contributed by atoms with Crippen LogP contribution < -0.4 is 0 Å². The third-order valence-corrected chi connectivity index (χ3v) is 11.3. The summed E-state index contributed by atoms with van der Waals surface area (Å²) < 4.78 is 4.71. The molecule has 0 fully saturated rings. The van der Waals surface area contributed by atoms with Gasteiger partial charge in [0.05, 0.1) is 45.0 Å². The molecule has 0 aliphatic rings. The lowest BCUT2D eigenvalue weighted by atomic mass is 10.0. The molecule has 5 nitrogen and oxygen atoms in total. The smallest absolute Gasteiger partial charge is 0.137 e. The predicted molar refractivity (Wildman–Crippen MR) is 232 cm³/mol. The highest BCUT2D eigenvalue weighted by atomic mass is 15.1. The topological polar surface area (TPSA) is 48.5 Å². The second kappa shape index (κ2) is 11.9. The van der Waals surface area contributed by atoms with Crippen LogP contribution in [0.5, 0.6) is 0 Å². The zero-order valence-electron chi connectivity index (χ0n) is 30.1. The molecule has 0 N–H and O–H groups in total. The molecule has 0 saturated heterocycles. The van der Waals surface area contributed by atoms with Gasteiger partial charge in [-0.1, -0.05) is 109 Å². The molecule has 12 rings (SSSR count). The van der Waals surface area contributed by atoms with Crippen LogP contribution in [0, 0.1) is 0 Å². The van der Waals surface area contributed by atoms with Crippen molar-refractivity contribution in [3.8, 4) is 33.9 Å². The predicted octanol–water partition coefficient (Wildman–Crippen LogP) is 12.9. The first-order chi connectivity index (χ1) is 27.7. The molecule has 4 heterocycles. The zero-order chi connectivity index (χ0) is 36.7. The van der Waals surface area contributed by atoms with Crippen molar-refractivity contribution in [1.82, 2.24) is 24.1 Å². The average Bonchev–Trinajstić information content (AvgIpc) is 3.76. The largest absolute Gasteiger partial charge is 0.309 e. The molecule has 56 heavy (non-hydrogen) atoms. The molecule has 4 aromatic heterocycles. The Labute approximate surface area is 321 Å². The third kappa shape index (κ3) is 4.71. The summed E-state index contributed by atoms with van der Waals surface area (Å²) in [7, 11) is 0. The first kappa shape index (κ1) is 30.8. The van der Waals surface area contributed by atoms with Crippen molar-refractivity contribution in [3.05, 3.63) is 188 Å². The van der Waals surface area contributed by atoms with Crippen LogP contribution in [0.25, 0.3) is 110 Å². The van der Waals surface area contributed by atoms with Crippen LogP contribution in [0.4, 0.5) is 0 Å². The van der Waals surface area contributed by atoms with Gasteiger partial charge in [-0.3, -0.25) is 9.55 Å². The molecule has 0 amide bonds. The summed E-state index contributed by atoms with van der Waals surface area (Å²) in [6, 6.07) is 63.0. The van der Waals surface area contributed by atoms with Crippen LogP contribution >= 0.6 is 0 Å². The SMILES string of the molecule is c1ccc(-c2ccc3c(c2)c2ccc(-n4c5cc(-c6cnc7cc8ccccc8cc7n6)ccc5c5cc6ccccc6cc54)cc2n3-c2ccccn2)cc1. The van der Waals surface area contributed by atoms with E-state index in [1.165, 1.54) is 43.4 Å². The van der Waals surface area contributed by atoms with Crippen molar-refractivity contribution in [2.45, 2.75) is 0 Å². The maximum atomic E-state index is 5.16. The van der Waals surface area contributed by atoms with Gasteiger partial charge in [0.1, 0.15) is 5.82 Å². The van der Waals surface area contributed by atoms with Gasteiger partial charge in [-0.15, -0.1) is 0 Å². The monoisotopic (exact) mass is 713 g/mol. The summed E-state index contributed by atoms with van der Waals surface area (Å²) in [5, 5.41) is 9.51. The molecule has 0 spiro atoms. The highest BCUT2D eigenvalue weighted by Crippen LogP contribution is 2.40. The number of rotatable bonds is 4. The molecule has 0 aliphatic heterocycles. The Kier molecular flexibility index (Phi) is 6.56. The van der Waals surface area contributed by atoms with E-state index in [1.54, 1.807) is 0 Å². The van der Waals surface area contributed by atoms with Crippen LogP contribution in [0.3, 0.4) is 0 Å². The summed E-state index contributed by atoms with van der Waals surface area (Å²) in [6.07, 6.45) is 3.77. The Balaban J connectivity index is 1.12. The molecular weight excluding hydrogens is 683 g/mol. The molecule has 0 aliphatic carbocycles. The van der Waals surface area contributed by atoms with Crippen LogP contribution in [0.2, 0.25) is 0 Å². The minimum atomic E-state index is 0.844. The molecule has 260 valence electrons. The number of fused-ring (bicyclic) bond motifs is 9. The minimum Gasteiger partial charge on any atom is -0.309 e. The Morgan fingerprint density at radius 1 is 0.357 bits per heavy atom. The minimum absolute atomic E-state index is 0.844. The normalized spacial score (nSPS) is 11.9. The fraction of sp³-hybridized carbons (Fsp3) is 0. The van der Waals surface area contributed by atoms with Crippen LogP contribution in [-0.4, -0.2) is 24.1 Å². The Bertz CT molecular complexity index is 3530. The van der Waals surface area contributed by atoms with E-state index in [2.05, 4.69) is 179 Å². The summed E-state index contributed by atoms with van der Waals surface area (Å²) in [4.78, 5) is 14.9. The van der Waals surface area contributed by atoms with Gasteiger partial charge < -0.3 is 4.57 Å². The third-order valence-electron chi connectivity index (χ3n) is 11.3. The first-order valence-electron chi connectivity index (χ1n) is 18.9. The van der Waals surface area contributed by atoms with E-state index in [1.807, 2.05) is 18.5 Å². The average molecular weight is 714 g/mol. The van der Waals surface area contributed by atoms with Gasteiger partial charge in [0.2, 0.25) is 0 Å². The van der Waals surface area contributed by atoms with E-state index in [0.29, 0.717) is 0 Å². The summed E-state index contributed by atoms with van der Waals surface area (Å²) in [6.45, 7) is 0. The quantitative estimate of drug-likeness (QED) is 0.171. The zero-order valence-corrected chi connectivity index (χ0v) is 30.1. The molecule has 0 saturated carbocycles. The highest BCUT2D eigenvalue weighted by Gasteiger charge is 2.19. The molecule has 0 atom stereocenters. The number of benzene rings is 8. The summed E-state index contributed by atoms with van der Waals surface area (Å²) in [5.41, 5.74) is 11.6. The van der Waals surface area contributed by atoms with Gasteiger partial charge in [-0.05, 0) is 99.4 Å².